The molecule has 3 heteroatoms. The third-order valence-electron chi connectivity index (χ3n) is 3.71. The van der Waals surface area contributed by atoms with Gasteiger partial charge in [-0.25, -0.2) is 0 Å². The molecule has 2 rings (SSSR count). The predicted molar refractivity (Wildman–Crippen MR) is 79.4 cm³/mol. The van der Waals surface area contributed by atoms with Gasteiger partial charge in [-0.15, -0.1) is 0 Å². The number of nitrogens with zero attached hydrogens (tertiary/aromatic N) is 1. The zero-order valence-electron chi connectivity index (χ0n) is 11.7. The lowest BCUT2D eigenvalue weighted by atomic mass is 9.95. The van der Waals surface area contributed by atoms with Gasteiger partial charge >= 0.3 is 0 Å². The second-order valence-corrected chi connectivity index (χ2v) is 6.25. The lowest BCUT2D eigenvalue weighted by Gasteiger charge is -2.37. The minimum atomic E-state index is 0.576. The quantitative estimate of drug-likeness (QED) is 0.824. The van der Waals surface area contributed by atoms with Gasteiger partial charge in [0.05, 0.1) is 0 Å². The lowest BCUT2D eigenvalue weighted by Crippen LogP contribution is -2.36. The Labute approximate surface area is 115 Å². The van der Waals surface area contributed by atoms with Crippen LogP contribution < -0.4 is 0 Å². The van der Waals surface area contributed by atoms with E-state index in [-0.39, 0.29) is 0 Å². The normalized spacial score (nSPS) is 21.4. The first-order chi connectivity index (χ1) is 8.58. The van der Waals surface area contributed by atoms with Crippen molar-refractivity contribution in [3.63, 3.8) is 0 Å². The Hall–Kier alpha value is -0.670. The Morgan fingerprint density at radius 2 is 2.22 bits per heavy atom. The molecule has 0 spiro atoms. The Morgan fingerprint density at radius 3 is 2.89 bits per heavy atom. The molecule has 1 fully saturated rings. The fraction of sp³-hybridized carbons (Fsp3) is 0.667. The van der Waals surface area contributed by atoms with Crippen molar-refractivity contribution < 1.29 is 0 Å². The largest absolute Gasteiger partial charge is 0.352 e. The minimum absolute atomic E-state index is 0.576. The molecule has 0 aromatic carbocycles. The second-order valence-electron chi connectivity index (χ2n) is 5.85. The molecule has 0 radical (unpaired) electrons. The van der Waals surface area contributed by atoms with Crippen LogP contribution in [0.25, 0.3) is 0 Å². The topological polar surface area (TPSA) is 19.0 Å². The molecule has 0 aliphatic carbocycles. The number of hydrogen-bond donors (Lipinski definition) is 1. The standard InChI is InChI=1S/C15H24N2S/c1-11(2)10-17-7-5-4-6-14(17)13-8-12(3)15(18)16-9-13/h8-9,11,14H,4-7,10H2,1-3H3,(H,16,18)/t14-/m1/s1. The smallest absolute Gasteiger partial charge is 0.106 e. The monoisotopic (exact) mass is 264 g/mol. The van der Waals surface area contributed by atoms with E-state index in [1.807, 2.05) is 0 Å². The molecule has 2 heterocycles. The molecule has 1 aromatic rings. The maximum absolute atomic E-state index is 5.24. The van der Waals surface area contributed by atoms with E-state index in [2.05, 4.69) is 42.9 Å². The maximum Gasteiger partial charge on any atom is 0.106 e. The molecule has 0 bridgehead atoms. The van der Waals surface area contributed by atoms with Gasteiger partial charge < -0.3 is 4.98 Å². The van der Waals surface area contributed by atoms with Gasteiger partial charge in [0.1, 0.15) is 4.64 Å². The summed E-state index contributed by atoms with van der Waals surface area (Å²) in [5, 5.41) is 0. The summed E-state index contributed by atoms with van der Waals surface area (Å²) in [5.41, 5.74) is 2.60. The lowest BCUT2D eigenvalue weighted by molar-refractivity contribution is 0.132. The molecule has 1 aliphatic rings. The molecule has 100 valence electrons. The van der Waals surface area contributed by atoms with Crippen LogP contribution in [-0.2, 0) is 0 Å². The molecule has 0 saturated carbocycles. The van der Waals surface area contributed by atoms with E-state index in [1.54, 1.807) is 0 Å². The number of H-pyrrole nitrogens is 1. The van der Waals surface area contributed by atoms with E-state index in [4.69, 9.17) is 12.2 Å². The Balaban J connectivity index is 2.22. The maximum atomic E-state index is 5.24. The highest BCUT2D eigenvalue weighted by Gasteiger charge is 2.24. The van der Waals surface area contributed by atoms with Gasteiger partial charge in [-0.3, -0.25) is 4.90 Å². The van der Waals surface area contributed by atoms with Crippen LogP contribution in [-0.4, -0.2) is 23.0 Å². The summed E-state index contributed by atoms with van der Waals surface area (Å²) in [7, 11) is 0. The third kappa shape index (κ3) is 3.21. The average molecular weight is 264 g/mol. The van der Waals surface area contributed by atoms with Crippen molar-refractivity contribution in [3.05, 3.63) is 28.0 Å². The number of nitrogens with one attached hydrogen (secondary N) is 1. The van der Waals surface area contributed by atoms with Crippen LogP contribution in [0.15, 0.2) is 12.3 Å². The van der Waals surface area contributed by atoms with Crippen LogP contribution in [0.3, 0.4) is 0 Å². The number of likely N-dealkylation sites (tertiary alicyclic amines) is 1. The number of aromatic amines is 1. The number of rotatable bonds is 3. The SMILES string of the molecule is Cc1cc([C@H]2CCCCN2CC(C)C)c[nH]c1=S. The zero-order valence-corrected chi connectivity index (χ0v) is 12.5. The molecule has 0 unspecified atom stereocenters. The third-order valence-corrected chi connectivity index (χ3v) is 4.15. The predicted octanol–water partition coefficient (Wildman–Crippen LogP) is 4.24. The highest BCUT2D eigenvalue weighted by Crippen LogP contribution is 2.31. The summed E-state index contributed by atoms with van der Waals surface area (Å²) in [5.74, 6) is 0.730. The molecule has 1 saturated heterocycles. The van der Waals surface area contributed by atoms with Gasteiger partial charge in [-0.05, 0) is 43.4 Å². The number of piperidine rings is 1. The molecule has 1 aliphatic heterocycles. The Morgan fingerprint density at radius 1 is 1.44 bits per heavy atom. The van der Waals surface area contributed by atoms with Gasteiger partial charge in [-0.1, -0.05) is 38.6 Å². The second kappa shape index (κ2) is 5.98. The van der Waals surface area contributed by atoms with E-state index in [0.29, 0.717) is 6.04 Å². The Bertz CT molecular complexity index is 450. The zero-order chi connectivity index (χ0) is 13.1. The summed E-state index contributed by atoms with van der Waals surface area (Å²) in [6.07, 6.45) is 6.06. The molecule has 1 N–H and O–H groups in total. The van der Waals surface area contributed by atoms with Crippen molar-refractivity contribution in [2.75, 3.05) is 13.1 Å². The number of hydrogen-bond acceptors (Lipinski definition) is 2. The number of aryl methyl sites for hydroxylation is 1. The fourth-order valence-electron chi connectivity index (χ4n) is 2.87. The van der Waals surface area contributed by atoms with Crippen LogP contribution in [0.2, 0.25) is 0 Å². The molecule has 1 atom stereocenters. The van der Waals surface area contributed by atoms with Crippen molar-refractivity contribution in [1.82, 2.24) is 9.88 Å². The van der Waals surface area contributed by atoms with Crippen LogP contribution >= 0.6 is 12.2 Å². The van der Waals surface area contributed by atoms with Crippen LogP contribution in [0.5, 0.6) is 0 Å². The van der Waals surface area contributed by atoms with Crippen molar-refractivity contribution in [3.8, 4) is 0 Å². The van der Waals surface area contributed by atoms with Crippen molar-refractivity contribution >= 4 is 12.2 Å². The van der Waals surface area contributed by atoms with Crippen molar-refractivity contribution in [1.29, 1.82) is 0 Å². The summed E-state index contributed by atoms with van der Waals surface area (Å²) in [4.78, 5) is 5.87. The van der Waals surface area contributed by atoms with Crippen molar-refractivity contribution in [2.45, 2.75) is 46.1 Å². The highest BCUT2D eigenvalue weighted by atomic mass is 32.1. The minimum Gasteiger partial charge on any atom is -0.352 e. The first-order valence-corrected chi connectivity index (χ1v) is 7.42. The van der Waals surface area contributed by atoms with Crippen molar-refractivity contribution in [2.24, 2.45) is 5.92 Å². The molecular formula is C15H24N2S. The van der Waals surface area contributed by atoms with Crippen LogP contribution in [0, 0.1) is 17.5 Å². The van der Waals surface area contributed by atoms with Gasteiger partial charge in [0.25, 0.3) is 0 Å². The molecule has 1 aromatic heterocycles. The summed E-state index contributed by atoms with van der Waals surface area (Å²) >= 11 is 5.24. The van der Waals surface area contributed by atoms with E-state index in [9.17, 15) is 0 Å². The Kier molecular flexibility index (Phi) is 4.57. The van der Waals surface area contributed by atoms with Gasteiger partial charge in [0.15, 0.2) is 0 Å². The first kappa shape index (κ1) is 13.8. The van der Waals surface area contributed by atoms with E-state index in [1.165, 1.54) is 43.5 Å². The molecule has 0 amide bonds. The van der Waals surface area contributed by atoms with Gasteiger partial charge in [0, 0.05) is 18.8 Å². The average Bonchev–Trinajstić information content (AvgIpc) is 2.33. The number of pyridine rings is 1. The van der Waals surface area contributed by atoms with Crippen LogP contribution in [0.1, 0.15) is 50.3 Å². The molecular weight excluding hydrogens is 240 g/mol. The van der Waals surface area contributed by atoms with Crippen LogP contribution in [0.4, 0.5) is 0 Å². The molecule has 2 nitrogen and oxygen atoms in total. The summed E-state index contributed by atoms with van der Waals surface area (Å²) in [6.45, 7) is 9.12. The van der Waals surface area contributed by atoms with E-state index in [0.717, 1.165) is 10.6 Å². The summed E-state index contributed by atoms with van der Waals surface area (Å²) < 4.78 is 0.866. The van der Waals surface area contributed by atoms with Gasteiger partial charge in [-0.2, -0.15) is 0 Å². The van der Waals surface area contributed by atoms with Gasteiger partial charge in [0.2, 0.25) is 0 Å². The highest BCUT2D eigenvalue weighted by molar-refractivity contribution is 7.71. The van der Waals surface area contributed by atoms with E-state index >= 15 is 0 Å². The molecule has 18 heavy (non-hydrogen) atoms. The van der Waals surface area contributed by atoms with E-state index < -0.39 is 0 Å². The number of aromatic nitrogens is 1. The first-order valence-electron chi connectivity index (χ1n) is 7.01. The summed E-state index contributed by atoms with van der Waals surface area (Å²) in [6, 6.07) is 2.84. The fourth-order valence-corrected chi connectivity index (χ4v) is 2.99.